The molecule has 4 nitrogen and oxygen atoms in total. The third-order valence-corrected chi connectivity index (χ3v) is 2.39. The monoisotopic (exact) mass is 239 g/mol. The fourth-order valence-corrected chi connectivity index (χ4v) is 1.61. The summed E-state index contributed by atoms with van der Waals surface area (Å²) in [5, 5.41) is 7.38. The minimum Gasteiger partial charge on any atom is -0.338 e. The summed E-state index contributed by atoms with van der Waals surface area (Å²) in [7, 11) is 0. The summed E-state index contributed by atoms with van der Waals surface area (Å²) in [6.45, 7) is 0.0762. The van der Waals surface area contributed by atoms with Crippen LogP contribution in [0.2, 0.25) is 0 Å². The van der Waals surface area contributed by atoms with Crippen LogP contribution >= 0.6 is 0 Å². The second kappa shape index (κ2) is 5.93. The lowest BCUT2D eigenvalue weighted by atomic mass is 10.1. The molecule has 16 heavy (non-hydrogen) atoms. The summed E-state index contributed by atoms with van der Waals surface area (Å²) in [5.74, 6) is 0. The van der Waals surface area contributed by atoms with Gasteiger partial charge in [0.05, 0.1) is 0 Å². The fraction of sp³-hybridized carbons (Fsp3) is 0.889. The Morgan fingerprint density at radius 2 is 2.12 bits per heavy atom. The zero-order chi connectivity index (χ0) is 12.0. The maximum atomic E-state index is 11.7. The number of alkyl halides is 3. The fourth-order valence-electron chi connectivity index (χ4n) is 1.61. The number of carbonyl (C=O) groups is 1. The first-order chi connectivity index (χ1) is 7.47. The first-order valence-electron chi connectivity index (χ1n) is 5.29. The van der Waals surface area contributed by atoms with Crippen LogP contribution in [0.3, 0.4) is 0 Å². The van der Waals surface area contributed by atoms with Crippen molar-refractivity contribution in [3.63, 3.8) is 0 Å². The Hall–Kier alpha value is -0.980. The second-order valence-electron chi connectivity index (χ2n) is 3.81. The highest BCUT2D eigenvalue weighted by Crippen LogP contribution is 2.12. The van der Waals surface area contributed by atoms with Crippen molar-refractivity contribution in [1.82, 2.24) is 16.0 Å². The SMILES string of the molecule is O=C(NCCC1CCCN1)NCC(F)(F)F. The smallest absolute Gasteiger partial charge is 0.338 e. The predicted octanol–water partition coefficient (Wildman–Crippen LogP) is 0.990. The van der Waals surface area contributed by atoms with Crippen LogP contribution in [0.25, 0.3) is 0 Å². The third kappa shape index (κ3) is 5.79. The van der Waals surface area contributed by atoms with Crippen LogP contribution in [0.5, 0.6) is 0 Å². The number of hydrogen-bond donors (Lipinski definition) is 3. The van der Waals surface area contributed by atoms with Gasteiger partial charge >= 0.3 is 12.2 Å². The van der Waals surface area contributed by atoms with E-state index in [4.69, 9.17) is 0 Å². The number of amides is 2. The molecule has 2 amide bonds. The summed E-state index contributed by atoms with van der Waals surface area (Å²) >= 11 is 0. The molecule has 1 rings (SSSR count). The highest BCUT2D eigenvalue weighted by Gasteiger charge is 2.27. The van der Waals surface area contributed by atoms with Gasteiger partial charge in [-0.25, -0.2) is 4.79 Å². The van der Waals surface area contributed by atoms with E-state index < -0.39 is 18.8 Å². The van der Waals surface area contributed by atoms with Gasteiger partial charge < -0.3 is 16.0 Å². The maximum absolute atomic E-state index is 11.7. The van der Waals surface area contributed by atoms with Crippen LogP contribution < -0.4 is 16.0 Å². The van der Waals surface area contributed by atoms with Crippen LogP contribution in [0, 0.1) is 0 Å². The molecule has 94 valence electrons. The van der Waals surface area contributed by atoms with Gasteiger partial charge in [-0.05, 0) is 25.8 Å². The number of hydrogen-bond acceptors (Lipinski definition) is 2. The van der Waals surface area contributed by atoms with Crippen molar-refractivity contribution in [1.29, 1.82) is 0 Å². The number of halogens is 3. The molecule has 0 aromatic carbocycles. The van der Waals surface area contributed by atoms with Gasteiger partial charge in [0, 0.05) is 12.6 Å². The predicted molar refractivity (Wildman–Crippen MR) is 53.1 cm³/mol. The van der Waals surface area contributed by atoms with Crippen molar-refractivity contribution in [3.8, 4) is 0 Å². The van der Waals surface area contributed by atoms with Gasteiger partial charge in [-0.1, -0.05) is 0 Å². The van der Waals surface area contributed by atoms with E-state index in [-0.39, 0.29) is 0 Å². The van der Waals surface area contributed by atoms with E-state index in [9.17, 15) is 18.0 Å². The molecule has 1 fully saturated rings. The number of urea groups is 1. The van der Waals surface area contributed by atoms with Gasteiger partial charge in [-0.2, -0.15) is 13.2 Å². The standard InChI is InChI=1S/C9H16F3N3O/c10-9(11,12)6-15-8(16)14-5-3-7-2-1-4-13-7/h7,13H,1-6H2,(H2,14,15,16). The van der Waals surface area contributed by atoms with Gasteiger partial charge in [-0.3, -0.25) is 0 Å². The third-order valence-electron chi connectivity index (χ3n) is 2.39. The summed E-state index contributed by atoms with van der Waals surface area (Å²) in [6.07, 6.45) is -1.43. The van der Waals surface area contributed by atoms with Crippen molar-refractivity contribution in [2.24, 2.45) is 0 Å². The molecule has 1 aliphatic heterocycles. The van der Waals surface area contributed by atoms with Crippen LogP contribution in [-0.4, -0.2) is 37.9 Å². The molecule has 3 N–H and O–H groups in total. The lowest BCUT2D eigenvalue weighted by Crippen LogP contribution is -2.42. The first-order valence-corrected chi connectivity index (χ1v) is 5.29. The van der Waals surface area contributed by atoms with Crippen molar-refractivity contribution in [2.75, 3.05) is 19.6 Å². The molecule has 7 heteroatoms. The Morgan fingerprint density at radius 1 is 1.38 bits per heavy atom. The van der Waals surface area contributed by atoms with E-state index in [0.29, 0.717) is 12.6 Å². The van der Waals surface area contributed by atoms with Crippen molar-refractivity contribution < 1.29 is 18.0 Å². The summed E-state index contributed by atoms with van der Waals surface area (Å²) in [6, 6.07) is -0.391. The first kappa shape index (κ1) is 13.1. The van der Waals surface area contributed by atoms with Gasteiger partial charge in [-0.15, -0.1) is 0 Å². The van der Waals surface area contributed by atoms with E-state index in [2.05, 4.69) is 10.6 Å². The van der Waals surface area contributed by atoms with Gasteiger partial charge in [0.15, 0.2) is 0 Å². The van der Waals surface area contributed by atoms with Crippen LogP contribution in [0.1, 0.15) is 19.3 Å². The zero-order valence-corrected chi connectivity index (χ0v) is 8.86. The summed E-state index contributed by atoms with van der Waals surface area (Å²) in [4.78, 5) is 10.9. The van der Waals surface area contributed by atoms with Gasteiger partial charge in [0.1, 0.15) is 6.54 Å². The Morgan fingerprint density at radius 3 is 2.69 bits per heavy atom. The molecule has 0 saturated carbocycles. The minimum atomic E-state index is -4.36. The molecular weight excluding hydrogens is 223 g/mol. The molecule has 1 unspecified atom stereocenters. The molecule has 1 atom stereocenters. The second-order valence-corrected chi connectivity index (χ2v) is 3.81. The molecule has 1 saturated heterocycles. The highest BCUT2D eigenvalue weighted by atomic mass is 19.4. The van der Waals surface area contributed by atoms with Crippen molar-refractivity contribution in [2.45, 2.75) is 31.5 Å². The molecule has 0 spiro atoms. The van der Waals surface area contributed by atoms with E-state index in [1.807, 2.05) is 0 Å². The Balaban J connectivity index is 2.01. The maximum Gasteiger partial charge on any atom is 0.405 e. The molecule has 0 radical (unpaired) electrons. The Kier molecular flexibility index (Phi) is 4.85. The van der Waals surface area contributed by atoms with E-state index in [1.54, 1.807) is 5.32 Å². The lowest BCUT2D eigenvalue weighted by molar-refractivity contribution is -0.122. The normalized spacial score (nSPS) is 20.8. The Labute approximate surface area is 92.0 Å². The van der Waals surface area contributed by atoms with Gasteiger partial charge in [0.25, 0.3) is 0 Å². The average molecular weight is 239 g/mol. The van der Waals surface area contributed by atoms with E-state index in [0.717, 1.165) is 25.8 Å². The molecule has 0 aromatic rings. The minimum absolute atomic E-state index is 0.378. The van der Waals surface area contributed by atoms with Crippen LogP contribution in [0.15, 0.2) is 0 Å². The molecule has 0 aliphatic carbocycles. The number of carbonyl (C=O) groups excluding carboxylic acids is 1. The molecule has 0 aromatic heterocycles. The number of rotatable bonds is 4. The van der Waals surface area contributed by atoms with Crippen molar-refractivity contribution in [3.05, 3.63) is 0 Å². The summed E-state index contributed by atoms with van der Waals surface area (Å²) < 4.78 is 35.2. The average Bonchev–Trinajstić information content (AvgIpc) is 2.66. The lowest BCUT2D eigenvalue weighted by Gasteiger charge is -2.12. The Bertz CT molecular complexity index is 227. The molecular formula is C9H16F3N3O. The molecule has 1 heterocycles. The van der Waals surface area contributed by atoms with Crippen LogP contribution in [-0.2, 0) is 0 Å². The van der Waals surface area contributed by atoms with E-state index >= 15 is 0 Å². The van der Waals surface area contributed by atoms with E-state index in [1.165, 1.54) is 0 Å². The zero-order valence-electron chi connectivity index (χ0n) is 8.86. The highest BCUT2D eigenvalue weighted by molar-refractivity contribution is 5.73. The van der Waals surface area contributed by atoms with Crippen molar-refractivity contribution >= 4 is 6.03 Å². The summed E-state index contributed by atoms with van der Waals surface area (Å²) in [5.41, 5.74) is 0. The molecule has 0 bridgehead atoms. The molecule has 1 aliphatic rings. The quantitative estimate of drug-likeness (QED) is 0.685. The van der Waals surface area contributed by atoms with Gasteiger partial charge in [0.2, 0.25) is 0 Å². The topological polar surface area (TPSA) is 53.2 Å². The largest absolute Gasteiger partial charge is 0.405 e. The van der Waals surface area contributed by atoms with Crippen LogP contribution in [0.4, 0.5) is 18.0 Å². The number of nitrogens with one attached hydrogen (secondary N) is 3.